The first-order chi connectivity index (χ1) is 9.26. The first kappa shape index (κ1) is 14.5. The molecule has 0 aromatic carbocycles. The number of oxazole rings is 1. The second kappa shape index (κ2) is 7.67. The highest BCUT2D eigenvalue weighted by atomic mass is 16.3. The molecule has 0 aliphatic carbocycles. The van der Waals surface area contributed by atoms with Crippen LogP contribution in [0.25, 0.3) is 17.7 Å². The van der Waals surface area contributed by atoms with Crippen LogP contribution in [0.3, 0.4) is 0 Å². The fourth-order valence-corrected chi connectivity index (χ4v) is 1.42. The molecule has 0 radical (unpaired) electrons. The Morgan fingerprint density at radius 1 is 0.947 bits per heavy atom. The average molecular weight is 251 g/mol. The molecule has 1 heterocycles. The quantitative estimate of drug-likeness (QED) is 0.727. The minimum Gasteiger partial charge on any atom is -0.436 e. The molecular weight excluding hydrogens is 234 g/mol. The Bertz CT molecular complexity index is 616. The van der Waals surface area contributed by atoms with E-state index in [4.69, 9.17) is 4.42 Å². The van der Waals surface area contributed by atoms with Gasteiger partial charge < -0.3 is 4.42 Å². The molecule has 96 valence electrons. The topological polar surface area (TPSA) is 26.0 Å². The molecule has 0 atom stereocenters. The molecule has 2 nitrogen and oxygen atoms in total. The van der Waals surface area contributed by atoms with Gasteiger partial charge in [0, 0.05) is 5.57 Å². The summed E-state index contributed by atoms with van der Waals surface area (Å²) in [5.41, 5.74) is 1.46. The van der Waals surface area contributed by atoms with Gasteiger partial charge in [-0.25, -0.2) is 4.98 Å². The van der Waals surface area contributed by atoms with Gasteiger partial charge in [-0.15, -0.1) is 0 Å². The molecule has 2 heteroatoms. The zero-order chi connectivity index (χ0) is 14.1. The minimum atomic E-state index is 0.513. The van der Waals surface area contributed by atoms with E-state index in [1.54, 1.807) is 36.5 Å². The van der Waals surface area contributed by atoms with Crippen LogP contribution in [-0.4, -0.2) is 4.98 Å². The summed E-state index contributed by atoms with van der Waals surface area (Å²) in [6.45, 7) is 14.6. The van der Waals surface area contributed by atoms with Crippen LogP contribution in [0.5, 0.6) is 0 Å². The van der Waals surface area contributed by atoms with Crippen molar-refractivity contribution in [2.45, 2.75) is 0 Å². The van der Waals surface area contributed by atoms with Crippen molar-refractivity contribution in [3.63, 3.8) is 0 Å². The summed E-state index contributed by atoms with van der Waals surface area (Å²) in [4.78, 5) is 4.42. The molecule has 1 rings (SSSR count). The van der Waals surface area contributed by atoms with Gasteiger partial charge in [-0.1, -0.05) is 62.8 Å². The van der Waals surface area contributed by atoms with E-state index >= 15 is 0 Å². The Hall–Kier alpha value is -2.61. The number of allylic oxidation sites excluding steroid dienone is 8. The van der Waals surface area contributed by atoms with Crippen LogP contribution >= 0.6 is 0 Å². The molecule has 0 aliphatic heterocycles. The Balaban J connectivity index is 3.46. The monoisotopic (exact) mass is 251 g/mol. The summed E-state index contributed by atoms with van der Waals surface area (Å²) in [7, 11) is 0. The highest BCUT2D eigenvalue weighted by Crippen LogP contribution is 2.11. The van der Waals surface area contributed by atoms with Crippen molar-refractivity contribution in [3.05, 3.63) is 85.5 Å². The highest BCUT2D eigenvalue weighted by Gasteiger charge is 2.04. The summed E-state index contributed by atoms with van der Waals surface area (Å²) in [6, 6.07) is 0. The van der Waals surface area contributed by atoms with Gasteiger partial charge in [0.2, 0.25) is 5.89 Å². The van der Waals surface area contributed by atoms with Crippen LogP contribution in [0.4, 0.5) is 0 Å². The van der Waals surface area contributed by atoms with E-state index in [1.165, 1.54) is 0 Å². The number of nitrogens with zero attached hydrogens (tertiary/aromatic N) is 1. The van der Waals surface area contributed by atoms with E-state index in [2.05, 4.69) is 31.3 Å². The Morgan fingerprint density at radius 2 is 1.68 bits per heavy atom. The molecule has 0 amide bonds. The first-order valence-electron chi connectivity index (χ1n) is 5.81. The summed E-state index contributed by atoms with van der Waals surface area (Å²) in [6.07, 6.45) is 15.7. The molecule has 0 saturated carbocycles. The number of hydrogen-bond donors (Lipinski definition) is 0. The summed E-state index contributed by atoms with van der Waals surface area (Å²) >= 11 is 0. The molecule has 0 unspecified atom stereocenters. The predicted molar refractivity (Wildman–Crippen MR) is 82.6 cm³/mol. The van der Waals surface area contributed by atoms with Gasteiger partial charge in [0.15, 0.2) is 5.42 Å². The van der Waals surface area contributed by atoms with E-state index in [1.807, 2.05) is 18.2 Å². The van der Waals surface area contributed by atoms with Crippen LogP contribution in [0, 0.1) is 0 Å². The van der Waals surface area contributed by atoms with Crippen LogP contribution < -0.4 is 10.8 Å². The van der Waals surface area contributed by atoms with E-state index < -0.39 is 0 Å². The highest BCUT2D eigenvalue weighted by molar-refractivity contribution is 5.70. The predicted octanol–water partition coefficient (Wildman–Crippen LogP) is 2.92. The number of aromatic nitrogens is 1. The third-order valence-corrected chi connectivity index (χ3v) is 2.18. The van der Waals surface area contributed by atoms with Crippen LogP contribution in [0.15, 0.2) is 73.3 Å². The maximum absolute atomic E-state index is 5.70. The van der Waals surface area contributed by atoms with Crippen molar-refractivity contribution < 1.29 is 4.42 Å². The van der Waals surface area contributed by atoms with Gasteiger partial charge in [0.1, 0.15) is 5.35 Å². The molecular formula is C17H17NO. The third-order valence-electron chi connectivity index (χ3n) is 2.18. The molecule has 0 spiro atoms. The standard InChI is InChI=1S/C17H17NO/c1-5-9-13-14(10-6-2)17-18-15(11-7-3)16(19-17)12-8-4/h5-13H,1-4H2/b13-9-,14-10+,15-11+,16-12+. The maximum atomic E-state index is 5.70. The van der Waals surface area contributed by atoms with E-state index in [0.29, 0.717) is 16.7 Å². The lowest BCUT2D eigenvalue weighted by Crippen LogP contribution is -2.21. The lowest BCUT2D eigenvalue weighted by molar-refractivity contribution is 0.512. The summed E-state index contributed by atoms with van der Waals surface area (Å²) in [5.74, 6) is 0.513. The van der Waals surface area contributed by atoms with Crippen molar-refractivity contribution in [2.75, 3.05) is 0 Å². The molecule has 0 fully saturated rings. The van der Waals surface area contributed by atoms with E-state index in [0.717, 1.165) is 5.57 Å². The van der Waals surface area contributed by atoms with E-state index in [9.17, 15) is 0 Å². The van der Waals surface area contributed by atoms with Gasteiger partial charge in [-0.3, -0.25) is 0 Å². The zero-order valence-corrected chi connectivity index (χ0v) is 10.9. The normalized spacial score (nSPS) is 13.8. The van der Waals surface area contributed by atoms with Crippen LogP contribution in [0.2, 0.25) is 0 Å². The molecule has 0 N–H and O–H groups in total. The van der Waals surface area contributed by atoms with Crippen molar-refractivity contribution in [3.8, 4) is 0 Å². The van der Waals surface area contributed by atoms with Gasteiger partial charge >= 0.3 is 0 Å². The maximum Gasteiger partial charge on any atom is 0.227 e. The van der Waals surface area contributed by atoms with E-state index in [-0.39, 0.29) is 0 Å². The lowest BCUT2D eigenvalue weighted by atomic mass is 10.2. The van der Waals surface area contributed by atoms with Crippen LogP contribution in [0.1, 0.15) is 5.89 Å². The van der Waals surface area contributed by atoms with Gasteiger partial charge in [-0.05, 0) is 18.2 Å². The molecule has 19 heavy (non-hydrogen) atoms. The average Bonchev–Trinajstić information content (AvgIpc) is 2.79. The molecule has 0 bridgehead atoms. The zero-order valence-electron chi connectivity index (χ0n) is 10.9. The Labute approximate surface area is 113 Å². The minimum absolute atomic E-state index is 0.513. The van der Waals surface area contributed by atoms with Gasteiger partial charge in [-0.2, -0.15) is 0 Å². The first-order valence-corrected chi connectivity index (χ1v) is 5.81. The smallest absolute Gasteiger partial charge is 0.227 e. The van der Waals surface area contributed by atoms with Crippen molar-refractivity contribution in [2.24, 2.45) is 0 Å². The van der Waals surface area contributed by atoms with Crippen molar-refractivity contribution >= 4 is 17.7 Å². The molecule has 0 aliphatic rings. The Morgan fingerprint density at radius 3 is 2.26 bits per heavy atom. The fraction of sp³-hybridized carbons (Fsp3) is 0. The molecule has 1 aromatic heterocycles. The molecule has 1 aromatic rings. The second-order valence-corrected chi connectivity index (χ2v) is 3.53. The van der Waals surface area contributed by atoms with Gasteiger partial charge in [0.25, 0.3) is 0 Å². The Kier molecular flexibility index (Phi) is 5.83. The van der Waals surface area contributed by atoms with Crippen LogP contribution in [-0.2, 0) is 0 Å². The molecule has 0 saturated heterocycles. The fourth-order valence-electron chi connectivity index (χ4n) is 1.42. The third kappa shape index (κ3) is 3.96. The number of rotatable bonds is 6. The largest absolute Gasteiger partial charge is 0.436 e. The van der Waals surface area contributed by atoms with Crippen molar-refractivity contribution in [1.82, 2.24) is 4.98 Å². The number of hydrogen-bond acceptors (Lipinski definition) is 2. The lowest BCUT2D eigenvalue weighted by Gasteiger charge is -1.92. The summed E-state index contributed by atoms with van der Waals surface area (Å²) in [5, 5.41) is 0.715. The summed E-state index contributed by atoms with van der Waals surface area (Å²) < 4.78 is 5.70. The van der Waals surface area contributed by atoms with Gasteiger partial charge in [0.05, 0.1) is 0 Å². The second-order valence-electron chi connectivity index (χ2n) is 3.53. The van der Waals surface area contributed by atoms with Crippen molar-refractivity contribution in [1.29, 1.82) is 0 Å². The SMILES string of the molecule is C=C/C=C\C(=C/C=C)c1nc(=C/C=C)/c(=C\C=C)o1.